The van der Waals surface area contributed by atoms with Crippen LogP contribution in [0.1, 0.15) is 63.1 Å². The molecule has 0 amide bonds. The van der Waals surface area contributed by atoms with Gasteiger partial charge in [0.05, 0.1) is 6.61 Å². The van der Waals surface area contributed by atoms with E-state index in [4.69, 9.17) is 9.15 Å². The molecule has 5 nitrogen and oxygen atoms in total. The van der Waals surface area contributed by atoms with Gasteiger partial charge >= 0.3 is 11.9 Å². The molecule has 0 aliphatic rings. The number of carbonyl (C=O) groups excluding carboxylic acids is 1. The molecular weight excluding hydrogens is 264 g/mol. The van der Waals surface area contributed by atoms with Crippen LogP contribution in [0.4, 0.5) is 0 Å². The van der Waals surface area contributed by atoms with Gasteiger partial charge in [0.2, 0.25) is 0 Å². The fraction of sp³-hybridized carbons (Fsp3) is 0.769. The molecule has 0 atom stereocenters. The molecule has 0 radical (unpaired) electrons. The van der Waals surface area contributed by atoms with Gasteiger partial charge in [-0.05, 0) is 13.3 Å². The van der Waals surface area contributed by atoms with Crippen molar-refractivity contribution >= 4 is 17.7 Å². The summed E-state index contributed by atoms with van der Waals surface area (Å²) in [5.41, 5.74) is 0. The Morgan fingerprint density at radius 2 is 1.89 bits per heavy atom. The number of hydrogen-bond donors (Lipinski definition) is 0. The van der Waals surface area contributed by atoms with Gasteiger partial charge in [-0.1, -0.05) is 55.9 Å². The summed E-state index contributed by atoms with van der Waals surface area (Å²) in [5, 5.41) is 7.92. The maximum atomic E-state index is 11.3. The van der Waals surface area contributed by atoms with E-state index >= 15 is 0 Å². The monoisotopic (exact) mass is 286 g/mol. The number of thioether (sulfide) groups is 1. The predicted octanol–water partition coefficient (Wildman–Crippen LogP) is 3.70. The van der Waals surface area contributed by atoms with Crippen LogP contribution in [-0.4, -0.2) is 28.5 Å². The molecule has 6 heteroatoms. The van der Waals surface area contributed by atoms with E-state index in [9.17, 15) is 4.79 Å². The zero-order valence-corrected chi connectivity index (χ0v) is 12.5. The second-order valence-electron chi connectivity index (χ2n) is 4.21. The van der Waals surface area contributed by atoms with Crippen molar-refractivity contribution in [3.8, 4) is 0 Å². The maximum absolute atomic E-state index is 11.3. The summed E-state index contributed by atoms with van der Waals surface area (Å²) >= 11 is 1.49. The zero-order chi connectivity index (χ0) is 13.9. The third kappa shape index (κ3) is 6.61. The Labute approximate surface area is 118 Å². The van der Waals surface area contributed by atoms with Crippen molar-refractivity contribution < 1.29 is 13.9 Å². The summed E-state index contributed by atoms with van der Waals surface area (Å²) in [5.74, 6) is 0.324. The van der Waals surface area contributed by atoms with E-state index in [0.717, 1.165) is 12.2 Å². The highest BCUT2D eigenvalue weighted by molar-refractivity contribution is 7.99. The first-order valence-corrected chi connectivity index (χ1v) is 7.89. The second kappa shape index (κ2) is 9.83. The van der Waals surface area contributed by atoms with Crippen molar-refractivity contribution in [3.63, 3.8) is 0 Å². The van der Waals surface area contributed by atoms with Crippen molar-refractivity contribution in [2.75, 3.05) is 12.4 Å². The molecule has 0 spiro atoms. The zero-order valence-electron chi connectivity index (χ0n) is 11.7. The summed E-state index contributed by atoms with van der Waals surface area (Å²) in [7, 11) is 0. The number of esters is 1. The number of ether oxygens (including phenoxy) is 1. The van der Waals surface area contributed by atoms with Crippen molar-refractivity contribution in [3.05, 3.63) is 5.89 Å². The first kappa shape index (κ1) is 16.0. The Hall–Kier alpha value is -1.04. The molecular formula is C13H22N2O3S. The minimum Gasteiger partial charge on any atom is -0.459 e. The van der Waals surface area contributed by atoms with E-state index in [2.05, 4.69) is 17.1 Å². The van der Waals surface area contributed by atoms with Crippen molar-refractivity contribution in [2.24, 2.45) is 0 Å². The molecule has 1 aromatic heterocycles. The quantitative estimate of drug-likeness (QED) is 0.371. The Bertz CT molecular complexity index is 369. The van der Waals surface area contributed by atoms with E-state index in [1.165, 1.54) is 43.9 Å². The van der Waals surface area contributed by atoms with Gasteiger partial charge in [0.25, 0.3) is 5.22 Å². The Kier molecular flexibility index (Phi) is 8.29. The smallest absolute Gasteiger partial charge is 0.396 e. The highest BCUT2D eigenvalue weighted by atomic mass is 32.2. The Balaban J connectivity index is 2.14. The second-order valence-corrected chi connectivity index (χ2v) is 5.26. The molecule has 1 heterocycles. The van der Waals surface area contributed by atoms with E-state index in [-0.39, 0.29) is 5.89 Å². The summed E-state index contributed by atoms with van der Waals surface area (Å²) in [6, 6.07) is 0. The van der Waals surface area contributed by atoms with Crippen LogP contribution in [0, 0.1) is 0 Å². The molecule has 0 saturated carbocycles. The number of unbranched alkanes of at least 4 members (excludes halogenated alkanes) is 5. The van der Waals surface area contributed by atoms with Crippen LogP contribution in [0.3, 0.4) is 0 Å². The van der Waals surface area contributed by atoms with Crippen molar-refractivity contribution in [2.45, 2.75) is 57.6 Å². The summed E-state index contributed by atoms with van der Waals surface area (Å²) in [6.07, 6.45) is 7.55. The van der Waals surface area contributed by atoms with Gasteiger partial charge < -0.3 is 9.15 Å². The highest BCUT2D eigenvalue weighted by Gasteiger charge is 2.15. The standard InChI is InChI=1S/C13H22N2O3S/c1-3-5-6-7-8-9-10-19-13-15-14-11(18-13)12(16)17-4-2/h3-10H2,1-2H3. The molecule has 108 valence electrons. The lowest BCUT2D eigenvalue weighted by atomic mass is 10.1. The van der Waals surface area contributed by atoms with Crippen molar-refractivity contribution in [1.82, 2.24) is 10.2 Å². The maximum Gasteiger partial charge on any atom is 0.396 e. The number of nitrogens with zero attached hydrogens (tertiary/aromatic N) is 2. The molecule has 0 unspecified atom stereocenters. The largest absolute Gasteiger partial charge is 0.459 e. The number of aromatic nitrogens is 2. The molecule has 0 N–H and O–H groups in total. The van der Waals surface area contributed by atoms with Crippen LogP contribution in [0.15, 0.2) is 9.64 Å². The molecule has 0 aliphatic heterocycles. The minimum atomic E-state index is -0.554. The molecule has 0 fully saturated rings. The van der Waals surface area contributed by atoms with Gasteiger partial charge in [-0.15, -0.1) is 5.10 Å². The van der Waals surface area contributed by atoms with Crippen LogP contribution in [0.2, 0.25) is 0 Å². The van der Waals surface area contributed by atoms with E-state index in [1.807, 2.05) is 0 Å². The summed E-state index contributed by atoms with van der Waals surface area (Å²) < 4.78 is 9.99. The lowest BCUT2D eigenvalue weighted by Crippen LogP contribution is -2.04. The predicted molar refractivity (Wildman–Crippen MR) is 74.4 cm³/mol. The lowest BCUT2D eigenvalue weighted by Gasteiger charge is -1.98. The van der Waals surface area contributed by atoms with Crippen LogP contribution < -0.4 is 0 Å². The third-order valence-corrected chi connectivity index (χ3v) is 3.48. The van der Waals surface area contributed by atoms with E-state index in [0.29, 0.717) is 11.8 Å². The van der Waals surface area contributed by atoms with Crippen molar-refractivity contribution in [1.29, 1.82) is 0 Å². The Morgan fingerprint density at radius 1 is 1.16 bits per heavy atom. The lowest BCUT2D eigenvalue weighted by molar-refractivity contribution is 0.0475. The number of rotatable bonds is 10. The molecule has 1 rings (SSSR count). The average Bonchev–Trinajstić information content (AvgIpc) is 2.87. The summed E-state index contributed by atoms with van der Waals surface area (Å²) in [6.45, 7) is 4.26. The minimum absolute atomic E-state index is 0.0627. The Morgan fingerprint density at radius 3 is 2.63 bits per heavy atom. The van der Waals surface area contributed by atoms with Crippen LogP contribution in [-0.2, 0) is 4.74 Å². The SMILES string of the molecule is CCCCCCCCSc1nnc(C(=O)OCC)o1. The molecule has 0 aromatic carbocycles. The first-order chi connectivity index (χ1) is 9.27. The highest BCUT2D eigenvalue weighted by Crippen LogP contribution is 2.18. The molecule has 0 bridgehead atoms. The molecule has 0 aliphatic carbocycles. The van der Waals surface area contributed by atoms with Gasteiger partial charge in [-0.2, -0.15) is 0 Å². The molecule has 1 aromatic rings. The number of hydrogen-bond acceptors (Lipinski definition) is 6. The number of carbonyl (C=O) groups is 1. The fourth-order valence-corrected chi connectivity index (χ4v) is 2.34. The molecule has 0 saturated heterocycles. The van der Waals surface area contributed by atoms with Gasteiger partial charge in [0.1, 0.15) is 0 Å². The van der Waals surface area contributed by atoms with E-state index in [1.54, 1.807) is 6.92 Å². The first-order valence-electron chi connectivity index (χ1n) is 6.91. The fourth-order valence-electron chi connectivity index (χ4n) is 1.59. The molecule has 19 heavy (non-hydrogen) atoms. The average molecular weight is 286 g/mol. The van der Waals surface area contributed by atoms with Gasteiger partial charge in [-0.25, -0.2) is 4.79 Å². The van der Waals surface area contributed by atoms with Crippen LogP contribution in [0.25, 0.3) is 0 Å². The van der Waals surface area contributed by atoms with E-state index < -0.39 is 5.97 Å². The van der Waals surface area contributed by atoms with Gasteiger partial charge in [0, 0.05) is 5.75 Å². The van der Waals surface area contributed by atoms with Gasteiger partial charge in [0.15, 0.2) is 0 Å². The summed E-state index contributed by atoms with van der Waals surface area (Å²) in [4.78, 5) is 11.3. The van der Waals surface area contributed by atoms with Crippen LogP contribution >= 0.6 is 11.8 Å². The van der Waals surface area contributed by atoms with Gasteiger partial charge in [-0.3, -0.25) is 0 Å². The topological polar surface area (TPSA) is 65.2 Å². The third-order valence-electron chi connectivity index (χ3n) is 2.58. The normalized spacial score (nSPS) is 10.6. The van der Waals surface area contributed by atoms with Crippen LogP contribution in [0.5, 0.6) is 0 Å².